The molecule has 3 rings (SSSR count). The summed E-state index contributed by atoms with van der Waals surface area (Å²) in [4.78, 5) is 15.0. The molecule has 134 valence electrons. The molecule has 6 heteroatoms. The zero-order valence-electron chi connectivity index (χ0n) is 15.1. The van der Waals surface area contributed by atoms with E-state index in [0.29, 0.717) is 30.3 Å². The number of amides is 1. The van der Waals surface area contributed by atoms with Crippen molar-refractivity contribution in [2.24, 2.45) is 7.05 Å². The molecule has 1 amide bonds. The topological polar surface area (TPSA) is 47.4 Å². The van der Waals surface area contributed by atoms with Crippen LogP contribution in [0.15, 0.2) is 30.5 Å². The van der Waals surface area contributed by atoms with E-state index in [1.54, 1.807) is 4.68 Å². The van der Waals surface area contributed by atoms with Crippen LogP contribution in [0, 0.1) is 0 Å². The summed E-state index contributed by atoms with van der Waals surface area (Å²) in [6, 6.07) is 7.62. The van der Waals surface area contributed by atoms with Crippen LogP contribution in [0.25, 0.3) is 0 Å². The summed E-state index contributed by atoms with van der Waals surface area (Å²) in [6.07, 6.45) is 1.60. The van der Waals surface area contributed by atoms with E-state index in [4.69, 9.17) is 16.3 Å². The number of rotatable bonds is 2. The van der Waals surface area contributed by atoms with Crippen LogP contribution in [-0.4, -0.2) is 40.3 Å². The molecule has 1 unspecified atom stereocenters. The Balaban J connectivity index is 1.85. The molecule has 1 atom stereocenters. The van der Waals surface area contributed by atoms with Crippen molar-refractivity contribution in [1.29, 1.82) is 0 Å². The molecule has 0 spiro atoms. The second kappa shape index (κ2) is 6.81. The maximum absolute atomic E-state index is 13.1. The van der Waals surface area contributed by atoms with Gasteiger partial charge in [0.2, 0.25) is 0 Å². The third-order valence-corrected chi connectivity index (χ3v) is 4.72. The Morgan fingerprint density at radius 2 is 2.04 bits per heavy atom. The lowest BCUT2D eigenvalue weighted by atomic mass is 9.89. The number of aryl methyl sites for hydroxylation is 1. The fourth-order valence-corrected chi connectivity index (χ4v) is 3.38. The lowest BCUT2D eigenvalue weighted by Gasteiger charge is -2.34. The minimum Gasteiger partial charge on any atom is -0.370 e. The fraction of sp³-hybridized carbons (Fsp3) is 0.474. The van der Waals surface area contributed by atoms with Crippen LogP contribution < -0.4 is 0 Å². The summed E-state index contributed by atoms with van der Waals surface area (Å²) < 4.78 is 7.57. The number of carbonyl (C=O) groups excluding carboxylic acids is 1. The van der Waals surface area contributed by atoms with Crippen LogP contribution in [0.2, 0.25) is 5.02 Å². The predicted octanol–water partition coefficient (Wildman–Crippen LogP) is 3.58. The number of morpholine rings is 1. The number of hydrogen-bond acceptors (Lipinski definition) is 3. The number of halogens is 1. The number of hydrogen-bond donors (Lipinski definition) is 0. The smallest absolute Gasteiger partial charge is 0.257 e. The lowest BCUT2D eigenvalue weighted by molar-refractivity contribution is -0.0228. The zero-order valence-corrected chi connectivity index (χ0v) is 15.9. The Hall–Kier alpha value is -1.85. The highest BCUT2D eigenvalue weighted by molar-refractivity contribution is 6.31. The van der Waals surface area contributed by atoms with Crippen LogP contribution in [0.4, 0.5) is 0 Å². The summed E-state index contributed by atoms with van der Waals surface area (Å²) in [5.74, 6) is -0.00150. The first-order valence-corrected chi connectivity index (χ1v) is 8.84. The Labute approximate surface area is 153 Å². The number of benzene rings is 1. The fourth-order valence-electron chi connectivity index (χ4n) is 3.13. The van der Waals surface area contributed by atoms with Crippen LogP contribution in [-0.2, 0) is 17.2 Å². The average Bonchev–Trinajstić information content (AvgIpc) is 2.97. The molecule has 2 aromatic rings. The standard InChI is InChI=1S/C19H24ClN3O2/c1-19(2,3)17-14(11-22(4)21-17)18(24)23-9-10-25-16(12-23)13-7-5-6-8-15(13)20/h5-8,11,16H,9-10,12H2,1-4H3. The van der Waals surface area contributed by atoms with Crippen molar-refractivity contribution in [2.75, 3.05) is 19.7 Å². The first kappa shape index (κ1) is 18.0. The van der Waals surface area contributed by atoms with Crippen LogP contribution >= 0.6 is 11.6 Å². The molecule has 1 fully saturated rings. The van der Waals surface area contributed by atoms with Crippen molar-refractivity contribution < 1.29 is 9.53 Å². The number of aromatic nitrogens is 2. The van der Waals surface area contributed by atoms with Gasteiger partial charge < -0.3 is 9.64 Å². The van der Waals surface area contributed by atoms with E-state index in [9.17, 15) is 4.79 Å². The molecule has 0 bridgehead atoms. The molecule has 1 saturated heterocycles. The van der Waals surface area contributed by atoms with E-state index in [1.165, 1.54) is 0 Å². The van der Waals surface area contributed by atoms with E-state index in [2.05, 4.69) is 25.9 Å². The molecule has 0 radical (unpaired) electrons. The van der Waals surface area contributed by atoms with Gasteiger partial charge in [-0.1, -0.05) is 50.6 Å². The summed E-state index contributed by atoms with van der Waals surface area (Å²) in [5, 5.41) is 5.17. The maximum Gasteiger partial charge on any atom is 0.257 e. The average molecular weight is 362 g/mol. The van der Waals surface area contributed by atoms with E-state index in [-0.39, 0.29) is 17.4 Å². The van der Waals surface area contributed by atoms with Crippen molar-refractivity contribution in [1.82, 2.24) is 14.7 Å². The highest BCUT2D eigenvalue weighted by Gasteiger charge is 2.32. The first-order chi connectivity index (χ1) is 11.8. The van der Waals surface area contributed by atoms with Gasteiger partial charge in [0.05, 0.1) is 24.4 Å². The molecule has 0 aliphatic carbocycles. The first-order valence-electron chi connectivity index (χ1n) is 8.47. The van der Waals surface area contributed by atoms with Crippen molar-refractivity contribution in [3.8, 4) is 0 Å². The van der Waals surface area contributed by atoms with Gasteiger partial charge in [-0.3, -0.25) is 9.48 Å². The highest BCUT2D eigenvalue weighted by Crippen LogP contribution is 2.30. The number of ether oxygens (including phenoxy) is 1. The molecule has 1 aliphatic rings. The SMILES string of the molecule is Cn1cc(C(=O)N2CCOC(c3ccccc3Cl)C2)c(C(C)(C)C)n1. The molecular weight excluding hydrogens is 338 g/mol. The van der Waals surface area contributed by atoms with Gasteiger partial charge in [0.25, 0.3) is 5.91 Å². The Morgan fingerprint density at radius 3 is 2.72 bits per heavy atom. The quantitative estimate of drug-likeness (QED) is 0.821. The van der Waals surface area contributed by atoms with E-state index >= 15 is 0 Å². The van der Waals surface area contributed by atoms with Crippen LogP contribution in [0.1, 0.15) is 48.5 Å². The Morgan fingerprint density at radius 1 is 1.32 bits per heavy atom. The van der Waals surface area contributed by atoms with Gasteiger partial charge in [-0.05, 0) is 6.07 Å². The third-order valence-electron chi connectivity index (χ3n) is 4.38. The second-order valence-electron chi connectivity index (χ2n) is 7.45. The van der Waals surface area contributed by atoms with Crippen molar-refractivity contribution in [3.05, 3.63) is 52.3 Å². The molecule has 0 saturated carbocycles. The van der Waals surface area contributed by atoms with E-state index in [1.807, 2.05) is 42.4 Å². The number of nitrogens with zero attached hydrogens (tertiary/aromatic N) is 3. The molecule has 1 aromatic heterocycles. The van der Waals surface area contributed by atoms with Gasteiger partial charge in [-0.25, -0.2) is 0 Å². The van der Waals surface area contributed by atoms with Crippen molar-refractivity contribution in [2.45, 2.75) is 32.3 Å². The van der Waals surface area contributed by atoms with Gasteiger partial charge in [-0.15, -0.1) is 0 Å². The van der Waals surface area contributed by atoms with Gasteiger partial charge in [0.1, 0.15) is 6.10 Å². The molecule has 25 heavy (non-hydrogen) atoms. The Bertz CT molecular complexity index is 779. The molecular formula is C19H24ClN3O2. The minimum atomic E-state index is -0.207. The largest absolute Gasteiger partial charge is 0.370 e. The third kappa shape index (κ3) is 3.72. The summed E-state index contributed by atoms with van der Waals surface area (Å²) in [5.41, 5.74) is 2.21. The summed E-state index contributed by atoms with van der Waals surface area (Å²) in [7, 11) is 1.85. The molecule has 1 aliphatic heterocycles. The molecule has 2 heterocycles. The van der Waals surface area contributed by atoms with Crippen LogP contribution in [0.5, 0.6) is 0 Å². The van der Waals surface area contributed by atoms with Gasteiger partial charge >= 0.3 is 0 Å². The predicted molar refractivity (Wildman–Crippen MR) is 98.0 cm³/mol. The van der Waals surface area contributed by atoms with Crippen LogP contribution in [0.3, 0.4) is 0 Å². The summed E-state index contributed by atoms with van der Waals surface area (Å²) in [6.45, 7) is 7.75. The minimum absolute atomic E-state index is 0.00150. The summed E-state index contributed by atoms with van der Waals surface area (Å²) >= 11 is 6.29. The zero-order chi connectivity index (χ0) is 18.2. The van der Waals surface area contributed by atoms with E-state index < -0.39 is 0 Å². The van der Waals surface area contributed by atoms with Crippen molar-refractivity contribution in [3.63, 3.8) is 0 Å². The van der Waals surface area contributed by atoms with E-state index in [0.717, 1.165) is 11.3 Å². The lowest BCUT2D eigenvalue weighted by Crippen LogP contribution is -2.42. The number of carbonyl (C=O) groups is 1. The molecule has 0 N–H and O–H groups in total. The van der Waals surface area contributed by atoms with Crippen molar-refractivity contribution >= 4 is 17.5 Å². The second-order valence-corrected chi connectivity index (χ2v) is 7.85. The highest BCUT2D eigenvalue weighted by atomic mass is 35.5. The molecule has 1 aromatic carbocycles. The Kier molecular flexibility index (Phi) is 4.89. The van der Waals surface area contributed by atoms with Gasteiger partial charge in [-0.2, -0.15) is 5.10 Å². The van der Waals surface area contributed by atoms with Gasteiger partial charge in [0, 0.05) is 35.8 Å². The van der Waals surface area contributed by atoms with Gasteiger partial charge in [0.15, 0.2) is 0 Å². The maximum atomic E-state index is 13.1. The monoisotopic (exact) mass is 361 g/mol. The molecule has 5 nitrogen and oxygen atoms in total. The normalized spacial score (nSPS) is 18.4.